The summed E-state index contributed by atoms with van der Waals surface area (Å²) in [7, 11) is 0. The number of halogens is 3. The monoisotopic (exact) mass is 350 g/mol. The Hall–Kier alpha value is -2.28. The van der Waals surface area contributed by atoms with E-state index in [1.807, 2.05) is 0 Å². The van der Waals surface area contributed by atoms with Crippen LogP contribution in [0.3, 0.4) is 0 Å². The zero-order valence-electron chi connectivity index (χ0n) is 10.6. The van der Waals surface area contributed by atoms with E-state index in [9.17, 15) is 8.78 Å². The van der Waals surface area contributed by atoms with Gasteiger partial charge >= 0.3 is 0 Å². The van der Waals surface area contributed by atoms with E-state index in [-0.39, 0.29) is 16.9 Å². The molecule has 0 saturated carbocycles. The van der Waals surface area contributed by atoms with Gasteiger partial charge in [-0.2, -0.15) is 5.10 Å². The highest BCUT2D eigenvalue weighted by atomic mass is 79.9. The van der Waals surface area contributed by atoms with Crippen LogP contribution in [-0.2, 0) is 0 Å². The van der Waals surface area contributed by atoms with E-state index in [0.29, 0.717) is 5.82 Å². The number of benzene rings is 1. The second kappa shape index (κ2) is 5.25. The summed E-state index contributed by atoms with van der Waals surface area (Å²) in [5.41, 5.74) is 6.28. The molecule has 2 aromatic heterocycles. The Kier molecular flexibility index (Phi) is 3.42. The van der Waals surface area contributed by atoms with Gasteiger partial charge in [-0.15, -0.1) is 0 Å². The van der Waals surface area contributed by atoms with Crippen molar-refractivity contribution in [3.63, 3.8) is 0 Å². The molecule has 0 amide bonds. The molecular formula is C14H9BrF2N4. The van der Waals surface area contributed by atoms with E-state index in [0.717, 1.165) is 22.7 Å². The molecule has 0 radical (unpaired) electrons. The quantitative estimate of drug-likeness (QED) is 0.768. The molecular weight excluding hydrogens is 342 g/mol. The molecule has 0 unspecified atom stereocenters. The van der Waals surface area contributed by atoms with Crippen LogP contribution in [0.4, 0.5) is 14.5 Å². The molecule has 106 valence electrons. The van der Waals surface area contributed by atoms with Crippen molar-refractivity contribution in [1.29, 1.82) is 0 Å². The molecule has 1 aromatic carbocycles. The summed E-state index contributed by atoms with van der Waals surface area (Å²) in [4.78, 5) is 4.17. The van der Waals surface area contributed by atoms with Crippen molar-refractivity contribution in [2.24, 2.45) is 0 Å². The van der Waals surface area contributed by atoms with Crippen LogP contribution < -0.4 is 5.73 Å². The van der Waals surface area contributed by atoms with Crippen LogP contribution in [0, 0.1) is 11.6 Å². The van der Waals surface area contributed by atoms with E-state index in [4.69, 9.17) is 5.73 Å². The van der Waals surface area contributed by atoms with Crippen LogP contribution >= 0.6 is 15.9 Å². The van der Waals surface area contributed by atoms with Crippen molar-refractivity contribution >= 4 is 21.6 Å². The van der Waals surface area contributed by atoms with E-state index in [2.05, 4.69) is 26.0 Å². The maximum atomic E-state index is 13.8. The molecule has 0 aliphatic rings. The van der Waals surface area contributed by atoms with Gasteiger partial charge in [0.2, 0.25) is 0 Å². The predicted octanol–water partition coefficient (Wildman–Crippen LogP) is 3.56. The van der Waals surface area contributed by atoms with Crippen LogP contribution in [0.1, 0.15) is 0 Å². The Balaban J connectivity index is 2.09. The molecule has 0 aliphatic heterocycles. The molecule has 0 bridgehead atoms. The predicted molar refractivity (Wildman–Crippen MR) is 78.8 cm³/mol. The lowest BCUT2D eigenvalue weighted by Gasteiger charge is -2.01. The van der Waals surface area contributed by atoms with Gasteiger partial charge in [0.15, 0.2) is 5.82 Å². The number of hydrogen-bond acceptors (Lipinski definition) is 3. The summed E-state index contributed by atoms with van der Waals surface area (Å²) in [5, 5.41) is 4.19. The van der Waals surface area contributed by atoms with Crippen molar-refractivity contribution in [3.05, 3.63) is 58.8 Å². The minimum absolute atomic E-state index is 0.0170. The standard InChI is InChI=1S/C14H9BrF2N4/c15-8-1-4-13(19-6-8)21-7-12(18)14(20-21)10-5-9(16)2-3-11(10)17/h1-7H,18H2. The Morgan fingerprint density at radius 1 is 1.14 bits per heavy atom. The smallest absolute Gasteiger partial charge is 0.153 e. The van der Waals surface area contributed by atoms with E-state index >= 15 is 0 Å². The summed E-state index contributed by atoms with van der Waals surface area (Å²) < 4.78 is 29.3. The molecule has 4 nitrogen and oxygen atoms in total. The summed E-state index contributed by atoms with van der Waals surface area (Å²) >= 11 is 3.28. The van der Waals surface area contributed by atoms with Gasteiger partial charge in [-0.1, -0.05) is 0 Å². The maximum Gasteiger partial charge on any atom is 0.153 e. The van der Waals surface area contributed by atoms with E-state index in [1.54, 1.807) is 18.3 Å². The minimum atomic E-state index is -0.586. The number of hydrogen-bond donors (Lipinski definition) is 1. The summed E-state index contributed by atoms with van der Waals surface area (Å²) in [6.45, 7) is 0. The minimum Gasteiger partial charge on any atom is -0.396 e. The number of nitrogen functional groups attached to an aromatic ring is 1. The maximum absolute atomic E-state index is 13.8. The van der Waals surface area contributed by atoms with Gasteiger partial charge in [-0.25, -0.2) is 18.4 Å². The van der Waals surface area contributed by atoms with Crippen molar-refractivity contribution in [2.45, 2.75) is 0 Å². The molecule has 2 N–H and O–H groups in total. The summed E-state index contributed by atoms with van der Waals surface area (Å²) in [6, 6.07) is 6.67. The topological polar surface area (TPSA) is 56.7 Å². The average Bonchev–Trinajstić information content (AvgIpc) is 2.84. The van der Waals surface area contributed by atoms with Gasteiger partial charge in [0, 0.05) is 16.2 Å². The highest BCUT2D eigenvalue weighted by Crippen LogP contribution is 2.28. The first-order valence-electron chi connectivity index (χ1n) is 5.97. The summed E-state index contributed by atoms with van der Waals surface area (Å²) in [5.74, 6) is -0.618. The van der Waals surface area contributed by atoms with Crippen LogP contribution in [0.2, 0.25) is 0 Å². The third-order valence-corrected chi connectivity index (χ3v) is 3.34. The third kappa shape index (κ3) is 2.64. The number of nitrogens with zero attached hydrogens (tertiary/aromatic N) is 3. The number of aromatic nitrogens is 3. The summed E-state index contributed by atoms with van der Waals surface area (Å²) in [6.07, 6.45) is 3.12. The zero-order chi connectivity index (χ0) is 15.0. The van der Waals surface area contributed by atoms with Gasteiger partial charge in [0.25, 0.3) is 0 Å². The third-order valence-electron chi connectivity index (χ3n) is 2.87. The fourth-order valence-electron chi connectivity index (χ4n) is 1.90. The molecule has 0 aliphatic carbocycles. The number of nitrogens with two attached hydrogens (primary N) is 1. The Morgan fingerprint density at radius 3 is 2.67 bits per heavy atom. The molecule has 7 heteroatoms. The lowest BCUT2D eigenvalue weighted by molar-refractivity contribution is 0.602. The molecule has 0 saturated heterocycles. The lowest BCUT2D eigenvalue weighted by atomic mass is 10.1. The van der Waals surface area contributed by atoms with E-state index in [1.165, 1.54) is 10.9 Å². The van der Waals surface area contributed by atoms with Crippen molar-refractivity contribution in [2.75, 3.05) is 5.73 Å². The van der Waals surface area contributed by atoms with Crippen molar-refractivity contribution in [3.8, 4) is 17.1 Å². The fourth-order valence-corrected chi connectivity index (χ4v) is 2.13. The highest BCUT2D eigenvalue weighted by molar-refractivity contribution is 9.10. The van der Waals surface area contributed by atoms with Crippen molar-refractivity contribution < 1.29 is 8.78 Å². The number of anilines is 1. The lowest BCUT2D eigenvalue weighted by Crippen LogP contribution is -1.98. The SMILES string of the molecule is Nc1cn(-c2ccc(Br)cn2)nc1-c1cc(F)ccc1F. The number of pyridine rings is 1. The highest BCUT2D eigenvalue weighted by Gasteiger charge is 2.15. The molecule has 3 rings (SSSR count). The Bertz CT molecular complexity index is 799. The molecule has 0 atom stereocenters. The van der Waals surface area contributed by atoms with Crippen LogP contribution in [-0.4, -0.2) is 14.8 Å². The van der Waals surface area contributed by atoms with E-state index < -0.39 is 11.6 Å². The van der Waals surface area contributed by atoms with Gasteiger partial charge < -0.3 is 5.73 Å². The Morgan fingerprint density at radius 2 is 1.95 bits per heavy atom. The molecule has 0 spiro atoms. The Labute approximate surface area is 127 Å². The zero-order valence-corrected chi connectivity index (χ0v) is 12.2. The van der Waals surface area contributed by atoms with Gasteiger partial charge in [-0.3, -0.25) is 0 Å². The molecule has 21 heavy (non-hydrogen) atoms. The normalized spacial score (nSPS) is 10.8. The second-order valence-electron chi connectivity index (χ2n) is 4.34. The van der Waals surface area contributed by atoms with Gasteiger partial charge in [0.05, 0.1) is 11.9 Å². The van der Waals surface area contributed by atoms with Crippen molar-refractivity contribution in [1.82, 2.24) is 14.8 Å². The first-order valence-corrected chi connectivity index (χ1v) is 6.76. The first-order chi connectivity index (χ1) is 10.0. The van der Waals surface area contributed by atoms with Gasteiger partial charge in [0.1, 0.15) is 17.3 Å². The van der Waals surface area contributed by atoms with Crippen LogP contribution in [0.25, 0.3) is 17.1 Å². The largest absolute Gasteiger partial charge is 0.396 e. The molecule has 0 fully saturated rings. The van der Waals surface area contributed by atoms with Crippen LogP contribution in [0.15, 0.2) is 47.2 Å². The molecule has 2 heterocycles. The molecule has 3 aromatic rings. The average molecular weight is 351 g/mol. The van der Waals surface area contributed by atoms with Gasteiger partial charge in [-0.05, 0) is 46.3 Å². The first kappa shape index (κ1) is 13.7. The number of rotatable bonds is 2. The fraction of sp³-hybridized carbons (Fsp3) is 0. The van der Waals surface area contributed by atoms with Crippen LogP contribution in [0.5, 0.6) is 0 Å². The second-order valence-corrected chi connectivity index (χ2v) is 5.25.